The summed E-state index contributed by atoms with van der Waals surface area (Å²) in [6.45, 7) is 4.55. The predicted octanol–water partition coefficient (Wildman–Crippen LogP) is 9.62. The molecule has 30 heavy (non-hydrogen) atoms. The van der Waals surface area contributed by atoms with Crippen LogP contribution in [0.4, 0.5) is 0 Å². The van der Waals surface area contributed by atoms with Gasteiger partial charge in [0, 0.05) is 0 Å². The molecule has 0 aromatic heterocycles. The van der Waals surface area contributed by atoms with E-state index in [1.165, 1.54) is 115 Å². The van der Waals surface area contributed by atoms with E-state index in [0.29, 0.717) is 11.7 Å². The van der Waals surface area contributed by atoms with E-state index in [0.717, 1.165) is 17.7 Å². The van der Waals surface area contributed by atoms with Crippen LogP contribution in [0.5, 0.6) is 5.75 Å². The summed E-state index contributed by atoms with van der Waals surface area (Å²) in [5.41, 5.74) is 2.51. The van der Waals surface area contributed by atoms with Crippen LogP contribution >= 0.6 is 12.6 Å². The molecule has 0 aliphatic heterocycles. The molecular formula is C28H50OS. The second kappa shape index (κ2) is 19.1. The van der Waals surface area contributed by atoms with Gasteiger partial charge in [0.05, 0.1) is 0 Å². The molecule has 1 rings (SSSR count). The third-order valence-electron chi connectivity index (χ3n) is 6.50. The summed E-state index contributed by atoms with van der Waals surface area (Å²) < 4.78 is 0. The van der Waals surface area contributed by atoms with E-state index in [1.807, 2.05) is 6.07 Å². The van der Waals surface area contributed by atoms with Gasteiger partial charge in [-0.1, -0.05) is 122 Å². The Morgan fingerprint density at radius 3 is 1.73 bits per heavy atom. The van der Waals surface area contributed by atoms with Crippen molar-refractivity contribution in [2.75, 3.05) is 5.75 Å². The van der Waals surface area contributed by atoms with Crippen molar-refractivity contribution < 1.29 is 5.11 Å². The fourth-order valence-corrected chi connectivity index (χ4v) is 4.79. The van der Waals surface area contributed by atoms with E-state index in [-0.39, 0.29) is 0 Å². The number of hydrogen-bond donors (Lipinski definition) is 2. The first-order valence-electron chi connectivity index (χ1n) is 13.2. The maximum absolute atomic E-state index is 10.3. The van der Waals surface area contributed by atoms with Gasteiger partial charge in [-0.2, -0.15) is 12.6 Å². The van der Waals surface area contributed by atoms with E-state index >= 15 is 0 Å². The van der Waals surface area contributed by atoms with Gasteiger partial charge < -0.3 is 5.11 Å². The highest BCUT2D eigenvalue weighted by Crippen LogP contribution is 2.29. The summed E-state index contributed by atoms with van der Waals surface area (Å²) in [6.07, 6.45) is 23.9. The Morgan fingerprint density at radius 2 is 1.20 bits per heavy atom. The van der Waals surface area contributed by atoms with Crippen molar-refractivity contribution in [2.24, 2.45) is 0 Å². The van der Waals surface area contributed by atoms with E-state index in [2.05, 4.69) is 38.6 Å². The Hall–Kier alpha value is -0.630. The number of aromatic hydroxyl groups is 1. The second-order valence-electron chi connectivity index (χ2n) is 9.26. The van der Waals surface area contributed by atoms with Crippen molar-refractivity contribution in [3.8, 4) is 5.75 Å². The van der Waals surface area contributed by atoms with Crippen molar-refractivity contribution in [3.05, 3.63) is 29.3 Å². The van der Waals surface area contributed by atoms with Gasteiger partial charge in [0.1, 0.15) is 5.75 Å². The molecule has 0 heterocycles. The molecular weight excluding hydrogens is 384 g/mol. The first kappa shape index (κ1) is 27.4. The lowest BCUT2D eigenvalue weighted by atomic mass is 9.92. The van der Waals surface area contributed by atoms with E-state index in [4.69, 9.17) is 0 Å². The second-order valence-corrected chi connectivity index (χ2v) is 9.62. The van der Waals surface area contributed by atoms with Gasteiger partial charge in [0.25, 0.3) is 0 Å². The van der Waals surface area contributed by atoms with Gasteiger partial charge in [0.2, 0.25) is 0 Å². The lowest BCUT2D eigenvalue weighted by Crippen LogP contribution is -2.02. The third kappa shape index (κ3) is 12.9. The topological polar surface area (TPSA) is 20.2 Å². The first-order valence-corrected chi connectivity index (χ1v) is 13.8. The van der Waals surface area contributed by atoms with Crippen molar-refractivity contribution >= 4 is 12.6 Å². The van der Waals surface area contributed by atoms with Gasteiger partial charge in [0.15, 0.2) is 0 Å². The molecule has 0 saturated carbocycles. The molecule has 1 nitrogen and oxygen atoms in total. The molecule has 0 spiro atoms. The number of hydrogen-bond acceptors (Lipinski definition) is 2. The summed E-state index contributed by atoms with van der Waals surface area (Å²) in [6, 6.07) is 6.30. The minimum absolute atomic E-state index is 0.479. The SMILES string of the molecule is CCCCCCCCCCCCc1cc(C(CS)CCCCCCCC)ccc1O. The molecule has 0 bridgehead atoms. The lowest BCUT2D eigenvalue weighted by Gasteiger charge is -2.17. The Kier molecular flexibility index (Phi) is 17.4. The summed E-state index contributed by atoms with van der Waals surface area (Å²) >= 11 is 4.63. The third-order valence-corrected chi connectivity index (χ3v) is 6.94. The van der Waals surface area contributed by atoms with Gasteiger partial charge in [-0.05, 0) is 48.1 Å². The summed E-state index contributed by atoms with van der Waals surface area (Å²) in [5, 5.41) is 10.3. The van der Waals surface area contributed by atoms with Gasteiger partial charge >= 0.3 is 0 Å². The number of unbranched alkanes of at least 4 members (excludes halogenated alkanes) is 14. The number of phenolic OH excluding ortho intramolecular Hbond substituents is 1. The maximum atomic E-state index is 10.3. The zero-order valence-electron chi connectivity index (χ0n) is 20.1. The average molecular weight is 435 g/mol. The molecule has 0 saturated heterocycles. The van der Waals surface area contributed by atoms with E-state index in [9.17, 15) is 5.11 Å². The van der Waals surface area contributed by atoms with Crippen LogP contribution in [0.2, 0.25) is 0 Å². The molecule has 0 radical (unpaired) electrons. The molecule has 1 aromatic rings. The Bertz CT molecular complexity index is 513. The molecule has 2 heteroatoms. The normalized spacial score (nSPS) is 12.4. The molecule has 1 atom stereocenters. The van der Waals surface area contributed by atoms with Crippen LogP contribution in [0, 0.1) is 0 Å². The zero-order valence-corrected chi connectivity index (χ0v) is 21.0. The predicted molar refractivity (Wildman–Crippen MR) is 138 cm³/mol. The smallest absolute Gasteiger partial charge is 0.118 e. The largest absolute Gasteiger partial charge is 0.508 e. The molecule has 0 amide bonds. The number of phenols is 1. The van der Waals surface area contributed by atoms with Gasteiger partial charge in [-0.15, -0.1) is 0 Å². The fraction of sp³-hybridized carbons (Fsp3) is 0.786. The molecule has 0 fully saturated rings. The van der Waals surface area contributed by atoms with E-state index in [1.54, 1.807) is 0 Å². The highest BCUT2D eigenvalue weighted by Gasteiger charge is 2.12. The minimum atomic E-state index is 0.479. The van der Waals surface area contributed by atoms with E-state index < -0.39 is 0 Å². The van der Waals surface area contributed by atoms with Gasteiger partial charge in [-0.3, -0.25) is 0 Å². The molecule has 174 valence electrons. The van der Waals surface area contributed by atoms with Crippen LogP contribution in [0.3, 0.4) is 0 Å². The molecule has 1 N–H and O–H groups in total. The van der Waals surface area contributed by atoms with Crippen LogP contribution in [0.25, 0.3) is 0 Å². The average Bonchev–Trinajstić information content (AvgIpc) is 2.76. The minimum Gasteiger partial charge on any atom is -0.508 e. The van der Waals surface area contributed by atoms with Crippen LogP contribution in [0.1, 0.15) is 140 Å². The summed E-state index contributed by atoms with van der Waals surface area (Å²) in [7, 11) is 0. The number of thiol groups is 1. The summed E-state index contributed by atoms with van der Waals surface area (Å²) in [4.78, 5) is 0. The van der Waals surface area contributed by atoms with Crippen LogP contribution < -0.4 is 0 Å². The molecule has 1 unspecified atom stereocenters. The molecule has 1 aromatic carbocycles. The fourth-order valence-electron chi connectivity index (χ4n) is 4.40. The highest BCUT2D eigenvalue weighted by molar-refractivity contribution is 7.80. The number of aryl methyl sites for hydroxylation is 1. The Balaban J connectivity index is 2.28. The highest BCUT2D eigenvalue weighted by atomic mass is 32.1. The van der Waals surface area contributed by atoms with Crippen molar-refractivity contribution in [3.63, 3.8) is 0 Å². The van der Waals surface area contributed by atoms with Crippen molar-refractivity contribution in [1.29, 1.82) is 0 Å². The standard InChI is InChI=1S/C28H50OS/c1-3-5-7-9-11-12-13-14-16-17-19-26-23-25(21-22-28(26)29)27(24-30)20-18-15-10-8-6-4-2/h21-23,27,29-30H,3-20,24H2,1-2H3. The molecule has 0 aliphatic rings. The summed E-state index contributed by atoms with van der Waals surface area (Å²) in [5.74, 6) is 1.90. The monoisotopic (exact) mass is 434 g/mol. The zero-order chi connectivity index (χ0) is 21.9. The number of benzene rings is 1. The van der Waals surface area contributed by atoms with Crippen LogP contribution in [-0.2, 0) is 6.42 Å². The van der Waals surface area contributed by atoms with Crippen LogP contribution in [-0.4, -0.2) is 10.9 Å². The molecule has 0 aliphatic carbocycles. The Morgan fingerprint density at radius 1 is 0.700 bits per heavy atom. The quantitative estimate of drug-likeness (QED) is 0.154. The lowest BCUT2D eigenvalue weighted by molar-refractivity contribution is 0.465. The van der Waals surface area contributed by atoms with Crippen molar-refractivity contribution in [2.45, 2.75) is 135 Å². The maximum Gasteiger partial charge on any atom is 0.118 e. The van der Waals surface area contributed by atoms with Crippen LogP contribution in [0.15, 0.2) is 18.2 Å². The van der Waals surface area contributed by atoms with Crippen molar-refractivity contribution in [1.82, 2.24) is 0 Å². The first-order chi connectivity index (χ1) is 14.7. The van der Waals surface area contributed by atoms with Gasteiger partial charge in [-0.25, -0.2) is 0 Å². The number of rotatable bonds is 20. The Labute approximate surface area is 193 Å².